The first-order valence-electron chi connectivity index (χ1n) is 6.10. The third-order valence-electron chi connectivity index (χ3n) is 2.62. The molecule has 18 heavy (non-hydrogen) atoms. The number of ether oxygens (including phenoxy) is 1. The van der Waals surface area contributed by atoms with Crippen LogP contribution in [0.3, 0.4) is 0 Å². The van der Waals surface area contributed by atoms with Crippen LogP contribution >= 0.6 is 0 Å². The van der Waals surface area contributed by atoms with Crippen LogP contribution in [-0.2, 0) is 11.2 Å². The number of nitrogens with zero attached hydrogens (tertiary/aromatic N) is 2. The number of aryl methyl sites for hydroxylation is 1. The predicted octanol–water partition coefficient (Wildman–Crippen LogP) is 3.38. The molecule has 0 spiro atoms. The summed E-state index contributed by atoms with van der Waals surface area (Å²) in [6.45, 7) is 7.61. The van der Waals surface area contributed by atoms with E-state index in [0.717, 1.165) is 17.4 Å². The molecule has 4 nitrogen and oxygen atoms in total. The Balaban J connectivity index is 2.48. The minimum Gasteiger partial charge on any atom is -0.443 e. The van der Waals surface area contributed by atoms with E-state index in [0.29, 0.717) is 5.65 Å². The Hall–Kier alpha value is -1.84. The largest absolute Gasteiger partial charge is 0.443 e. The summed E-state index contributed by atoms with van der Waals surface area (Å²) < 4.78 is 6.86. The molecule has 0 amide bonds. The van der Waals surface area contributed by atoms with Crippen LogP contribution < -0.4 is 0 Å². The van der Waals surface area contributed by atoms with E-state index in [1.807, 2.05) is 39.1 Å². The lowest BCUT2D eigenvalue weighted by Gasteiger charge is -2.19. The minimum atomic E-state index is -0.505. The van der Waals surface area contributed by atoms with Crippen LogP contribution in [-0.4, -0.2) is 21.2 Å². The lowest BCUT2D eigenvalue weighted by molar-refractivity contribution is 0.0543. The first kappa shape index (κ1) is 12.6. The standard InChI is InChI=1S/C14H18N2O2/c1-5-10-9-16(13(17)18-14(2,3)4)12-11(10)7-6-8-15-12/h6-9H,5H2,1-4H3. The van der Waals surface area contributed by atoms with Gasteiger partial charge in [0.1, 0.15) is 11.2 Å². The summed E-state index contributed by atoms with van der Waals surface area (Å²) in [6, 6.07) is 3.85. The maximum Gasteiger partial charge on any atom is 0.420 e. The van der Waals surface area contributed by atoms with Gasteiger partial charge in [-0.25, -0.2) is 14.3 Å². The molecule has 0 saturated carbocycles. The van der Waals surface area contributed by atoms with E-state index < -0.39 is 5.60 Å². The van der Waals surface area contributed by atoms with E-state index >= 15 is 0 Å². The summed E-state index contributed by atoms with van der Waals surface area (Å²) in [6.07, 6.45) is 3.97. The van der Waals surface area contributed by atoms with Gasteiger partial charge in [0.15, 0.2) is 0 Å². The number of aromatic nitrogens is 2. The molecule has 0 fully saturated rings. The van der Waals surface area contributed by atoms with Gasteiger partial charge in [0.05, 0.1) is 0 Å². The Morgan fingerprint density at radius 2 is 2.17 bits per heavy atom. The molecular formula is C14H18N2O2. The number of carbonyl (C=O) groups excluding carboxylic acids is 1. The molecule has 0 bridgehead atoms. The van der Waals surface area contributed by atoms with Crippen LogP contribution in [0, 0.1) is 0 Å². The molecule has 4 heteroatoms. The summed E-state index contributed by atoms with van der Waals surface area (Å²) in [4.78, 5) is 16.4. The molecule has 0 aromatic carbocycles. The smallest absolute Gasteiger partial charge is 0.420 e. The molecule has 0 aliphatic rings. The Kier molecular flexibility index (Phi) is 3.11. The Bertz CT molecular complexity index is 579. The van der Waals surface area contributed by atoms with Gasteiger partial charge in [0.2, 0.25) is 0 Å². The quantitative estimate of drug-likeness (QED) is 0.774. The van der Waals surface area contributed by atoms with Crippen molar-refractivity contribution in [3.63, 3.8) is 0 Å². The zero-order valence-electron chi connectivity index (χ0n) is 11.2. The zero-order chi connectivity index (χ0) is 13.3. The fourth-order valence-corrected chi connectivity index (χ4v) is 1.86. The SMILES string of the molecule is CCc1cn(C(=O)OC(C)(C)C)c2ncccc12. The van der Waals surface area contributed by atoms with E-state index in [2.05, 4.69) is 11.9 Å². The fraction of sp³-hybridized carbons (Fsp3) is 0.429. The van der Waals surface area contributed by atoms with Crippen molar-refractivity contribution in [2.45, 2.75) is 39.7 Å². The molecule has 0 unspecified atom stereocenters. The second-order valence-electron chi connectivity index (χ2n) is 5.23. The zero-order valence-corrected chi connectivity index (χ0v) is 11.2. The Labute approximate surface area is 107 Å². The van der Waals surface area contributed by atoms with Crippen molar-refractivity contribution in [1.29, 1.82) is 0 Å². The van der Waals surface area contributed by atoms with Crippen molar-refractivity contribution in [2.75, 3.05) is 0 Å². The van der Waals surface area contributed by atoms with Gasteiger partial charge >= 0.3 is 6.09 Å². The number of pyridine rings is 1. The first-order chi connectivity index (χ1) is 8.42. The predicted molar refractivity (Wildman–Crippen MR) is 70.7 cm³/mol. The summed E-state index contributed by atoms with van der Waals surface area (Å²) in [5, 5.41) is 1.01. The highest BCUT2D eigenvalue weighted by Crippen LogP contribution is 2.21. The maximum absolute atomic E-state index is 12.1. The molecular weight excluding hydrogens is 228 g/mol. The lowest BCUT2D eigenvalue weighted by Crippen LogP contribution is -2.26. The van der Waals surface area contributed by atoms with Gasteiger partial charge in [-0.1, -0.05) is 6.92 Å². The molecule has 0 aliphatic carbocycles. The van der Waals surface area contributed by atoms with E-state index in [9.17, 15) is 4.79 Å². The minimum absolute atomic E-state index is 0.383. The number of carbonyl (C=O) groups is 1. The Morgan fingerprint density at radius 3 is 2.78 bits per heavy atom. The van der Waals surface area contributed by atoms with E-state index in [-0.39, 0.29) is 6.09 Å². The molecule has 0 radical (unpaired) electrons. The van der Waals surface area contributed by atoms with E-state index in [1.54, 1.807) is 6.20 Å². The van der Waals surface area contributed by atoms with Crippen LogP contribution in [0.1, 0.15) is 33.3 Å². The van der Waals surface area contributed by atoms with Crippen molar-refractivity contribution >= 4 is 17.1 Å². The first-order valence-corrected chi connectivity index (χ1v) is 6.10. The third kappa shape index (κ3) is 2.37. The van der Waals surface area contributed by atoms with Crippen LogP contribution in [0.25, 0.3) is 11.0 Å². The molecule has 0 saturated heterocycles. The van der Waals surface area contributed by atoms with E-state index in [4.69, 9.17) is 4.74 Å². The van der Waals surface area contributed by atoms with Gasteiger partial charge in [-0.15, -0.1) is 0 Å². The highest BCUT2D eigenvalue weighted by atomic mass is 16.6. The van der Waals surface area contributed by atoms with Gasteiger partial charge in [-0.05, 0) is 44.9 Å². The van der Waals surface area contributed by atoms with Crippen molar-refractivity contribution in [1.82, 2.24) is 9.55 Å². The van der Waals surface area contributed by atoms with Gasteiger partial charge in [0, 0.05) is 17.8 Å². The molecule has 0 N–H and O–H groups in total. The van der Waals surface area contributed by atoms with Crippen molar-refractivity contribution in [3.8, 4) is 0 Å². The van der Waals surface area contributed by atoms with Crippen molar-refractivity contribution in [3.05, 3.63) is 30.1 Å². The molecule has 96 valence electrons. The van der Waals surface area contributed by atoms with Crippen LogP contribution in [0.2, 0.25) is 0 Å². The molecule has 2 aromatic rings. The molecule has 2 heterocycles. The maximum atomic E-state index is 12.1. The normalized spacial score (nSPS) is 11.8. The highest BCUT2D eigenvalue weighted by molar-refractivity contribution is 5.89. The number of fused-ring (bicyclic) bond motifs is 1. The topological polar surface area (TPSA) is 44.1 Å². The third-order valence-corrected chi connectivity index (χ3v) is 2.62. The second-order valence-corrected chi connectivity index (χ2v) is 5.23. The molecule has 0 atom stereocenters. The number of hydrogen-bond donors (Lipinski definition) is 0. The second kappa shape index (κ2) is 4.44. The van der Waals surface area contributed by atoms with Gasteiger partial charge in [-0.2, -0.15) is 0 Å². The van der Waals surface area contributed by atoms with Crippen molar-refractivity contribution < 1.29 is 9.53 Å². The monoisotopic (exact) mass is 246 g/mol. The van der Waals surface area contributed by atoms with Gasteiger partial charge in [0.25, 0.3) is 0 Å². The average Bonchev–Trinajstić information content (AvgIpc) is 2.65. The molecule has 2 rings (SSSR count). The highest BCUT2D eigenvalue weighted by Gasteiger charge is 2.20. The van der Waals surface area contributed by atoms with E-state index in [1.165, 1.54) is 4.57 Å². The fourth-order valence-electron chi connectivity index (χ4n) is 1.86. The molecule has 0 aliphatic heterocycles. The Morgan fingerprint density at radius 1 is 1.44 bits per heavy atom. The lowest BCUT2D eigenvalue weighted by atomic mass is 10.2. The average molecular weight is 246 g/mol. The summed E-state index contributed by atoms with van der Waals surface area (Å²) in [5.74, 6) is 0. The van der Waals surface area contributed by atoms with Gasteiger partial charge in [-0.3, -0.25) is 0 Å². The van der Waals surface area contributed by atoms with Crippen LogP contribution in [0.5, 0.6) is 0 Å². The number of hydrogen-bond acceptors (Lipinski definition) is 3. The van der Waals surface area contributed by atoms with Crippen LogP contribution in [0.4, 0.5) is 4.79 Å². The van der Waals surface area contributed by atoms with Gasteiger partial charge < -0.3 is 4.74 Å². The van der Waals surface area contributed by atoms with Crippen LogP contribution in [0.15, 0.2) is 24.5 Å². The summed E-state index contributed by atoms with van der Waals surface area (Å²) in [5.41, 5.74) is 1.25. The summed E-state index contributed by atoms with van der Waals surface area (Å²) in [7, 11) is 0. The summed E-state index contributed by atoms with van der Waals surface area (Å²) >= 11 is 0. The molecule has 2 aromatic heterocycles. The van der Waals surface area contributed by atoms with Crippen molar-refractivity contribution in [2.24, 2.45) is 0 Å². The number of rotatable bonds is 1.